The molecule has 8 heteroatoms. The second-order valence-corrected chi connectivity index (χ2v) is 6.48. The smallest absolute Gasteiger partial charge is 0.337 e. The van der Waals surface area contributed by atoms with Crippen molar-refractivity contribution in [2.45, 2.75) is 4.90 Å². The molecule has 0 amide bonds. The van der Waals surface area contributed by atoms with Gasteiger partial charge in [-0.25, -0.2) is 18.2 Å². The number of benzene rings is 1. The summed E-state index contributed by atoms with van der Waals surface area (Å²) in [6, 6.07) is 8.37. The van der Waals surface area contributed by atoms with Crippen LogP contribution in [0.5, 0.6) is 0 Å². The molecule has 0 bridgehead atoms. The molecule has 1 heterocycles. The number of carbonyl (C=O) groups is 1. The molecule has 21 heavy (non-hydrogen) atoms. The average Bonchev–Trinajstić information content (AvgIpc) is 2.47. The second-order valence-electron chi connectivity index (χ2n) is 4.11. The van der Waals surface area contributed by atoms with Gasteiger partial charge in [0.15, 0.2) is 0 Å². The minimum Gasteiger partial charge on any atom is -0.478 e. The van der Waals surface area contributed by atoms with E-state index in [1.54, 1.807) is 12.1 Å². The Balaban J connectivity index is 2.50. The molecule has 0 saturated heterocycles. The molecular weight excluding hydrogens is 316 g/mol. The van der Waals surface area contributed by atoms with E-state index < -0.39 is 16.0 Å². The molecule has 6 nitrogen and oxygen atoms in total. The van der Waals surface area contributed by atoms with Crippen LogP contribution in [0, 0.1) is 0 Å². The summed E-state index contributed by atoms with van der Waals surface area (Å²) in [5.74, 6) is -1.07. The van der Waals surface area contributed by atoms with Crippen LogP contribution in [0.4, 0.5) is 5.82 Å². The molecule has 1 aromatic heterocycles. The molecule has 0 unspecified atom stereocenters. The number of carboxylic acid groups (broad SMARTS) is 1. The van der Waals surface area contributed by atoms with Gasteiger partial charge in [-0.2, -0.15) is 0 Å². The van der Waals surface area contributed by atoms with Crippen molar-refractivity contribution in [1.82, 2.24) is 4.98 Å². The monoisotopic (exact) mass is 326 g/mol. The van der Waals surface area contributed by atoms with E-state index in [0.29, 0.717) is 0 Å². The maximum atomic E-state index is 12.5. The van der Waals surface area contributed by atoms with E-state index in [1.165, 1.54) is 31.4 Å². The number of hydrogen-bond acceptors (Lipinski definition) is 4. The highest BCUT2D eigenvalue weighted by atomic mass is 35.5. The third-order valence-corrected chi connectivity index (χ3v) is 4.89. The fourth-order valence-corrected chi connectivity index (χ4v) is 3.03. The molecule has 0 spiro atoms. The van der Waals surface area contributed by atoms with Crippen LogP contribution >= 0.6 is 11.6 Å². The van der Waals surface area contributed by atoms with Crippen LogP contribution in [0.25, 0.3) is 0 Å². The number of carboxylic acids is 1. The number of rotatable bonds is 4. The standard InChI is InChI=1S/C13H11ClN2O4S/c1-16(12-4-2-3-7-15-12)21(19,20)9-5-6-11(14)10(8-9)13(17)18/h2-8H,1H3,(H,17,18). The summed E-state index contributed by atoms with van der Waals surface area (Å²) >= 11 is 5.74. The van der Waals surface area contributed by atoms with E-state index in [-0.39, 0.29) is 21.3 Å². The Morgan fingerprint density at radius 1 is 1.29 bits per heavy atom. The van der Waals surface area contributed by atoms with Gasteiger partial charge in [-0.3, -0.25) is 4.31 Å². The van der Waals surface area contributed by atoms with Gasteiger partial charge < -0.3 is 5.11 Å². The van der Waals surface area contributed by atoms with Crippen molar-refractivity contribution >= 4 is 33.4 Å². The Hall–Kier alpha value is -2.12. The van der Waals surface area contributed by atoms with E-state index in [9.17, 15) is 13.2 Å². The largest absolute Gasteiger partial charge is 0.478 e. The quantitative estimate of drug-likeness (QED) is 0.931. The number of halogens is 1. The van der Waals surface area contributed by atoms with Gasteiger partial charge in [-0.15, -0.1) is 0 Å². The predicted octanol–water partition coefficient (Wildman–Crippen LogP) is 2.26. The zero-order valence-electron chi connectivity index (χ0n) is 10.9. The van der Waals surface area contributed by atoms with Gasteiger partial charge in [-0.05, 0) is 30.3 Å². The van der Waals surface area contributed by atoms with Crippen molar-refractivity contribution in [3.63, 3.8) is 0 Å². The Morgan fingerprint density at radius 3 is 2.57 bits per heavy atom. The van der Waals surface area contributed by atoms with Crippen LogP contribution in [0.1, 0.15) is 10.4 Å². The van der Waals surface area contributed by atoms with Crippen molar-refractivity contribution in [3.8, 4) is 0 Å². The van der Waals surface area contributed by atoms with Crippen molar-refractivity contribution in [2.24, 2.45) is 0 Å². The Labute approximate surface area is 126 Å². The fraction of sp³-hybridized carbons (Fsp3) is 0.0769. The van der Waals surface area contributed by atoms with E-state index in [0.717, 1.165) is 10.4 Å². The van der Waals surface area contributed by atoms with E-state index in [1.807, 2.05) is 0 Å². The van der Waals surface area contributed by atoms with Gasteiger partial charge in [0, 0.05) is 13.2 Å². The molecule has 0 radical (unpaired) electrons. The van der Waals surface area contributed by atoms with Gasteiger partial charge in [0.25, 0.3) is 10.0 Å². The first-order valence-electron chi connectivity index (χ1n) is 5.77. The van der Waals surface area contributed by atoms with Crippen molar-refractivity contribution in [1.29, 1.82) is 0 Å². The molecule has 0 aliphatic carbocycles. The van der Waals surface area contributed by atoms with Crippen LogP contribution in [0.3, 0.4) is 0 Å². The van der Waals surface area contributed by atoms with E-state index in [4.69, 9.17) is 16.7 Å². The number of pyridine rings is 1. The Morgan fingerprint density at radius 2 is 2.00 bits per heavy atom. The third-order valence-electron chi connectivity index (χ3n) is 2.80. The zero-order chi connectivity index (χ0) is 15.6. The van der Waals surface area contributed by atoms with Gasteiger partial charge >= 0.3 is 5.97 Å². The van der Waals surface area contributed by atoms with Crippen LogP contribution in [0.15, 0.2) is 47.5 Å². The highest BCUT2D eigenvalue weighted by Gasteiger charge is 2.24. The number of sulfonamides is 1. The highest BCUT2D eigenvalue weighted by Crippen LogP contribution is 2.24. The van der Waals surface area contributed by atoms with E-state index >= 15 is 0 Å². The maximum absolute atomic E-state index is 12.5. The summed E-state index contributed by atoms with van der Waals surface area (Å²) in [6.07, 6.45) is 1.46. The molecule has 0 fully saturated rings. The molecule has 1 aromatic carbocycles. The summed E-state index contributed by atoms with van der Waals surface area (Å²) in [6.45, 7) is 0. The number of hydrogen-bond donors (Lipinski definition) is 1. The molecule has 0 aliphatic rings. The predicted molar refractivity (Wildman–Crippen MR) is 78.2 cm³/mol. The van der Waals surface area contributed by atoms with Gasteiger partial charge in [0.2, 0.25) is 0 Å². The van der Waals surface area contributed by atoms with Crippen molar-refractivity contribution in [2.75, 3.05) is 11.4 Å². The van der Waals surface area contributed by atoms with Gasteiger partial charge in [-0.1, -0.05) is 17.7 Å². The molecule has 2 aromatic rings. The SMILES string of the molecule is CN(c1ccccn1)S(=O)(=O)c1ccc(Cl)c(C(=O)O)c1. The van der Waals surface area contributed by atoms with Crippen molar-refractivity contribution < 1.29 is 18.3 Å². The summed E-state index contributed by atoms with van der Waals surface area (Å²) in [5.41, 5.74) is -0.271. The topological polar surface area (TPSA) is 87.6 Å². The zero-order valence-corrected chi connectivity index (χ0v) is 12.5. The first-order valence-corrected chi connectivity index (χ1v) is 7.58. The lowest BCUT2D eigenvalue weighted by atomic mass is 10.2. The lowest BCUT2D eigenvalue weighted by Crippen LogP contribution is -2.27. The molecule has 0 atom stereocenters. The fourth-order valence-electron chi connectivity index (χ4n) is 1.65. The Kier molecular flexibility index (Phi) is 4.15. The van der Waals surface area contributed by atoms with Crippen LogP contribution in [-0.4, -0.2) is 31.5 Å². The van der Waals surface area contributed by atoms with Crippen LogP contribution < -0.4 is 4.31 Å². The average molecular weight is 327 g/mol. The lowest BCUT2D eigenvalue weighted by molar-refractivity contribution is 0.0697. The number of nitrogens with zero attached hydrogens (tertiary/aromatic N) is 2. The first-order chi connectivity index (χ1) is 9.84. The van der Waals surface area contributed by atoms with Gasteiger partial charge in [0.05, 0.1) is 15.5 Å². The summed E-state index contributed by atoms with van der Waals surface area (Å²) in [7, 11) is -2.58. The summed E-state index contributed by atoms with van der Waals surface area (Å²) in [4.78, 5) is 14.8. The lowest BCUT2D eigenvalue weighted by Gasteiger charge is -2.18. The number of anilines is 1. The molecule has 110 valence electrons. The maximum Gasteiger partial charge on any atom is 0.337 e. The molecule has 1 N–H and O–H groups in total. The van der Waals surface area contributed by atoms with Crippen molar-refractivity contribution in [3.05, 3.63) is 53.2 Å². The minimum absolute atomic E-state index is 0.0260. The first kappa shape index (κ1) is 15.3. The molecular formula is C13H11ClN2O4S. The third kappa shape index (κ3) is 2.98. The minimum atomic E-state index is -3.92. The molecule has 0 saturated carbocycles. The normalized spacial score (nSPS) is 11.1. The number of aromatic carboxylic acids is 1. The second kappa shape index (κ2) is 5.71. The summed E-state index contributed by atoms with van der Waals surface area (Å²) < 4.78 is 25.9. The van der Waals surface area contributed by atoms with Crippen LogP contribution in [-0.2, 0) is 10.0 Å². The summed E-state index contributed by atoms with van der Waals surface area (Å²) in [5, 5.41) is 8.98. The van der Waals surface area contributed by atoms with E-state index in [2.05, 4.69) is 4.98 Å². The molecule has 2 rings (SSSR count). The van der Waals surface area contributed by atoms with Gasteiger partial charge in [0.1, 0.15) is 5.82 Å². The van der Waals surface area contributed by atoms with Crippen LogP contribution in [0.2, 0.25) is 5.02 Å². The Bertz CT molecular complexity index is 778. The molecule has 0 aliphatic heterocycles. The highest BCUT2D eigenvalue weighted by molar-refractivity contribution is 7.92. The number of aromatic nitrogens is 1.